The number of aliphatic carboxylic acids is 1. The number of carboxylic acid groups (broad SMARTS) is 1. The van der Waals surface area contributed by atoms with Crippen LogP contribution in [0.15, 0.2) is 24.3 Å². The van der Waals surface area contributed by atoms with Gasteiger partial charge < -0.3 is 10.4 Å². The molecule has 0 aliphatic carbocycles. The number of fused-ring (bicyclic) bond motifs is 1. The van der Waals surface area contributed by atoms with Crippen LogP contribution in [0.3, 0.4) is 0 Å². The number of para-hydroxylation sites is 1. The largest absolute Gasteiger partial charge is 0.480 e. The quantitative estimate of drug-likeness (QED) is 0.896. The van der Waals surface area contributed by atoms with Crippen LogP contribution in [0, 0.1) is 0 Å². The number of carbonyl (C=O) groups is 2. The predicted octanol–water partition coefficient (Wildman–Crippen LogP) is 2.79. The SMILES string of the molecule is CCCC(NC(=O)N1c2ccccc2CCC1C)C(=O)O. The second-order valence-corrected chi connectivity index (χ2v) is 5.52. The van der Waals surface area contributed by atoms with E-state index >= 15 is 0 Å². The number of carboxylic acids is 1. The molecule has 0 aromatic heterocycles. The van der Waals surface area contributed by atoms with Crippen LogP contribution >= 0.6 is 0 Å². The van der Waals surface area contributed by atoms with Crippen molar-refractivity contribution < 1.29 is 14.7 Å². The zero-order valence-electron chi connectivity index (χ0n) is 12.5. The first-order valence-corrected chi connectivity index (χ1v) is 7.45. The molecule has 2 amide bonds. The van der Waals surface area contributed by atoms with Crippen LogP contribution in [0.4, 0.5) is 10.5 Å². The van der Waals surface area contributed by atoms with E-state index < -0.39 is 12.0 Å². The van der Waals surface area contributed by atoms with Gasteiger partial charge in [0.05, 0.1) is 0 Å². The summed E-state index contributed by atoms with van der Waals surface area (Å²) in [6, 6.07) is 6.71. The molecule has 5 heteroatoms. The van der Waals surface area contributed by atoms with Crippen molar-refractivity contribution in [2.24, 2.45) is 0 Å². The zero-order valence-corrected chi connectivity index (χ0v) is 12.5. The summed E-state index contributed by atoms with van der Waals surface area (Å²) < 4.78 is 0. The van der Waals surface area contributed by atoms with E-state index in [1.165, 1.54) is 0 Å². The summed E-state index contributed by atoms with van der Waals surface area (Å²) in [5.74, 6) is -0.983. The lowest BCUT2D eigenvalue weighted by Gasteiger charge is -2.35. The van der Waals surface area contributed by atoms with Crippen molar-refractivity contribution in [1.82, 2.24) is 5.32 Å². The van der Waals surface area contributed by atoms with Crippen molar-refractivity contribution in [3.8, 4) is 0 Å². The molecule has 2 N–H and O–H groups in total. The number of amides is 2. The Morgan fingerprint density at radius 3 is 2.81 bits per heavy atom. The number of nitrogens with zero attached hydrogens (tertiary/aromatic N) is 1. The number of rotatable bonds is 4. The lowest BCUT2D eigenvalue weighted by atomic mass is 9.97. The average Bonchev–Trinajstić information content (AvgIpc) is 2.46. The number of anilines is 1. The van der Waals surface area contributed by atoms with Gasteiger partial charge in [-0.05, 0) is 37.8 Å². The first-order valence-electron chi connectivity index (χ1n) is 7.45. The highest BCUT2D eigenvalue weighted by molar-refractivity contribution is 5.96. The normalized spacial score (nSPS) is 18.8. The van der Waals surface area contributed by atoms with E-state index in [1.807, 2.05) is 38.1 Å². The van der Waals surface area contributed by atoms with Crippen molar-refractivity contribution >= 4 is 17.7 Å². The molecule has 0 saturated heterocycles. The Balaban J connectivity index is 2.20. The van der Waals surface area contributed by atoms with Gasteiger partial charge in [0.25, 0.3) is 0 Å². The summed E-state index contributed by atoms with van der Waals surface area (Å²) in [6.07, 6.45) is 2.97. The number of carbonyl (C=O) groups excluding carboxylic acids is 1. The molecule has 2 rings (SSSR count). The van der Waals surface area contributed by atoms with E-state index in [9.17, 15) is 14.7 Å². The number of benzene rings is 1. The molecule has 0 bridgehead atoms. The predicted molar refractivity (Wildman–Crippen MR) is 81.6 cm³/mol. The second kappa shape index (κ2) is 6.61. The van der Waals surface area contributed by atoms with Gasteiger partial charge in [0, 0.05) is 11.7 Å². The molecule has 21 heavy (non-hydrogen) atoms. The molecule has 0 radical (unpaired) electrons. The third kappa shape index (κ3) is 3.35. The molecule has 2 atom stereocenters. The molecule has 1 aromatic carbocycles. The maximum Gasteiger partial charge on any atom is 0.326 e. The topological polar surface area (TPSA) is 69.6 Å². The summed E-state index contributed by atoms with van der Waals surface area (Å²) in [7, 11) is 0. The molecule has 5 nitrogen and oxygen atoms in total. The Hall–Kier alpha value is -2.04. The third-order valence-corrected chi connectivity index (χ3v) is 3.92. The second-order valence-electron chi connectivity index (χ2n) is 5.52. The lowest BCUT2D eigenvalue weighted by Crippen LogP contribution is -2.52. The number of hydrogen-bond donors (Lipinski definition) is 2. The van der Waals surface area contributed by atoms with Crippen molar-refractivity contribution in [2.75, 3.05) is 4.90 Å². The molecular weight excluding hydrogens is 268 g/mol. The standard InChI is InChI=1S/C16H22N2O3/c1-3-6-13(15(19)20)17-16(21)18-11(2)9-10-12-7-4-5-8-14(12)18/h4-5,7-8,11,13H,3,6,9-10H2,1-2H3,(H,17,21)(H,19,20). The van der Waals surface area contributed by atoms with Gasteiger partial charge in [-0.3, -0.25) is 4.90 Å². The number of nitrogens with one attached hydrogen (secondary N) is 1. The van der Waals surface area contributed by atoms with E-state index in [4.69, 9.17) is 0 Å². The van der Waals surface area contributed by atoms with Gasteiger partial charge in [-0.25, -0.2) is 9.59 Å². The maximum atomic E-state index is 12.5. The summed E-state index contributed by atoms with van der Waals surface area (Å²) in [4.78, 5) is 25.4. The van der Waals surface area contributed by atoms with Gasteiger partial charge in [-0.15, -0.1) is 0 Å². The Morgan fingerprint density at radius 1 is 1.43 bits per heavy atom. The van der Waals surface area contributed by atoms with E-state index in [2.05, 4.69) is 5.32 Å². The van der Waals surface area contributed by atoms with Gasteiger partial charge in [-0.2, -0.15) is 0 Å². The first kappa shape index (κ1) is 15.4. The van der Waals surface area contributed by atoms with Gasteiger partial charge in [0.2, 0.25) is 0 Å². The Labute approximate surface area is 125 Å². The molecule has 0 fully saturated rings. The number of hydrogen-bond acceptors (Lipinski definition) is 2. The summed E-state index contributed by atoms with van der Waals surface area (Å²) in [6.45, 7) is 3.89. The lowest BCUT2D eigenvalue weighted by molar-refractivity contribution is -0.139. The van der Waals surface area contributed by atoms with Crippen molar-refractivity contribution in [2.45, 2.75) is 51.6 Å². The van der Waals surface area contributed by atoms with Crippen LogP contribution in [0.25, 0.3) is 0 Å². The first-order chi connectivity index (χ1) is 10.0. The minimum atomic E-state index is -0.983. The highest BCUT2D eigenvalue weighted by Crippen LogP contribution is 2.30. The van der Waals surface area contributed by atoms with Crippen LogP contribution in [-0.4, -0.2) is 29.2 Å². The Morgan fingerprint density at radius 2 is 2.14 bits per heavy atom. The number of aryl methyl sites for hydroxylation is 1. The fourth-order valence-corrected chi connectivity index (χ4v) is 2.76. The van der Waals surface area contributed by atoms with Crippen LogP contribution in [0.1, 0.15) is 38.7 Å². The van der Waals surface area contributed by atoms with Crippen molar-refractivity contribution in [3.63, 3.8) is 0 Å². The van der Waals surface area contributed by atoms with Crippen molar-refractivity contribution in [1.29, 1.82) is 0 Å². The van der Waals surface area contributed by atoms with E-state index in [0.717, 1.165) is 24.1 Å². The van der Waals surface area contributed by atoms with E-state index in [-0.39, 0.29) is 12.1 Å². The fourth-order valence-electron chi connectivity index (χ4n) is 2.76. The highest BCUT2D eigenvalue weighted by Gasteiger charge is 2.30. The van der Waals surface area contributed by atoms with Crippen LogP contribution in [-0.2, 0) is 11.2 Å². The van der Waals surface area contributed by atoms with Crippen molar-refractivity contribution in [3.05, 3.63) is 29.8 Å². The Bertz CT molecular complexity index is 530. The molecule has 2 unspecified atom stereocenters. The molecule has 1 aromatic rings. The summed E-state index contributed by atoms with van der Waals surface area (Å²) >= 11 is 0. The number of urea groups is 1. The Kier molecular flexibility index (Phi) is 4.83. The molecule has 1 aliphatic rings. The zero-order chi connectivity index (χ0) is 15.4. The highest BCUT2D eigenvalue weighted by atomic mass is 16.4. The van der Waals surface area contributed by atoms with E-state index in [0.29, 0.717) is 12.8 Å². The van der Waals surface area contributed by atoms with Crippen LogP contribution < -0.4 is 10.2 Å². The van der Waals surface area contributed by atoms with Gasteiger partial charge in [0.15, 0.2) is 0 Å². The molecule has 1 aliphatic heterocycles. The van der Waals surface area contributed by atoms with Crippen LogP contribution in [0.2, 0.25) is 0 Å². The monoisotopic (exact) mass is 290 g/mol. The average molecular weight is 290 g/mol. The summed E-state index contributed by atoms with van der Waals surface area (Å²) in [5.41, 5.74) is 2.02. The van der Waals surface area contributed by atoms with Crippen LogP contribution in [0.5, 0.6) is 0 Å². The van der Waals surface area contributed by atoms with E-state index in [1.54, 1.807) is 4.90 Å². The minimum absolute atomic E-state index is 0.0657. The van der Waals surface area contributed by atoms with Gasteiger partial charge in [0.1, 0.15) is 6.04 Å². The molecular formula is C16H22N2O3. The molecule has 114 valence electrons. The minimum Gasteiger partial charge on any atom is -0.480 e. The fraction of sp³-hybridized carbons (Fsp3) is 0.500. The molecule has 1 heterocycles. The summed E-state index contributed by atoms with van der Waals surface area (Å²) in [5, 5.41) is 11.8. The molecule has 0 saturated carbocycles. The maximum absolute atomic E-state index is 12.5. The van der Waals surface area contributed by atoms with Gasteiger partial charge in [-0.1, -0.05) is 31.5 Å². The van der Waals surface area contributed by atoms with Gasteiger partial charge >= 0.3 is 12.0 Å². The smallest absolute Gasteiger partial charge is 0.326 e. The third-order valence-electron chi connectivity index (χ3n) is 3.92. The molecule has 0 spiro atoms.